The summed E-state index contributed by atoms with van der Waals surface area (Å²) >= 11 is 0. The highest BCUT2D eigenvalue weighted by atomic mass is 16.7. The van der Waals surface area contributed by atoms with E-state index < -0.39 is 67.6 Å². The number of esters is 3. The second-order valence-corrected chi connectivity index (χ2v) is 5.50. The van der Waals surface area contributed by atoms with Gasteiger partial charge >= 0.3 is 17.9 Å². The van der Waals surface area contributed by atoms with Crippen LogP contribution in [0.4, 0.5) is 0 Å². The first-order valence-electron chi connectivity index (χ1n) is 7.77. The van der Waals surface area contributed by atoms with Crippen molar-refractivity contribution in [2.75, 3.05) is 13.2 Å². The maximum absolute atomic E-state index is 11.8. The summed E-state index contributed by atoms with van der Waals surface area (Å²) in [5.74, 6) is -2.99. The van der Waals surface area contributed by atoms with Gasteiger partial charge in [0.05, 0.1) is 0 Å². The Bertz CT molecular complexity index is 634. The molecule has 0 radical (unpaired) electrons. The molecule has 1 fully saturated rings. The van der Waals surface area contributed by atoms with E-state index in [1.807, 2.05) is 0 Å². The van der Waals surface area contributed by atoms with Crippen LogP contribution in [0.15, 0.2) is 5.11 Å². The van der Waals surface area contributed by atoms with E-state index in [0.29, 0.717) is 0 Å². The van der Waals surface area contributed by atoms with Crippen molar-refractivity contribution in [1.82, 2.24) is 5.32 Å². The van der Waals surface area contributed by atoms with Crippen LogP contribution in [0.3, 0.4) is 0 Å². The lowest BCUT2D eigenvalue weighted by molar-refractivity contribution is -0.264. The molecule has 150 valence electrons. The molecule has 5 atom stereocenters. The third kappa shape index (κ3) is 7.09. The van der Waals surface area contributed by atoms with Crippen LogP contribution in [-0.4, -0.2) is 72.7 Å². The average Bonchev–Trinajstić information content (AvgIpc) is 2.56. The van der Waals surface area contributed by atoms with E-state index in [1.54, 1.807) is 0 Å². The molecule has 27 heavy (non-hydrogen) atoms. The number of hydrogen-bond acceptors (Lipinski definition) is 10. The fraction of sp³-hybridized carbons (Fsp3) is 0.714. The van der Waals surface area contributed by atoms with Crippen molar-refractivity contribution < 1.29 is 43.2 Å². The summed E-state index contributed by atoms with van der Waals surface area (Å²) in [6.07, 6.45) is -5.51. The van der Waals surface area contributed by atoms with E-state index >= 15 is 0 Å². The minimum absolute atomic E-state index is 0.401. The van der Waals surface area contributed by atoms with Crippen LogP contribution >= 0.6 is 0 Å². The molecule has 1 aliphatic heterocycles. The fourth-order valence-corrected chi connectivity index (χ4v) is 2.40. The largest absolute Gasteiger partial charge is 0.463 e. The molecule has 13 heteroatoms. The van der Waals surface area contributed by atoms with Gasteiger partial charge in [-0.1, -0.05) is 5.11 Å². The monoisotopic (exact) mass is 388 g/mol. The molecule has 1 amide bonds. The topological polar surface area (TPSA) is 186 Å². The van der Waals surface area contributed by atoms with Crippen molar-refractivity contribution in [2.45, 2.75) is 51.4 Å². The molecule has 0 spiro atoms. The van der Waals surface area contributed by atoms with Gasteiger partial charge in [-0.05, 0) is 5.53 Å². The lowest BCUT2D eigenvalue weighted by atomic mass is 9.96. The molecule has 0 aromatic heterocycles. The molecule has 2 N–H and O–H groups in total. The number of aliphatic hydroxyl groups excluding tert-OH is 1. The number of ether oxygens (including phenoxy) is 4. The number of aliphatic hydroxyl groups is 1. The highest BCUT2D eigenvalue weighted by Crippen LogP contribution is 2.26. The van der Waals surface area contributed by atoms with Crippen LogP contribution in [0.1, 0.15) is 20.8 Å². The van der Waals surface area contributed by atoms with E-state index in [2.05, 4.69) is 15.3 Å². The molecule has 0 aromatic carbocycles. The number of carbonyl (C=O) groups is 4. The smallest absolute Gasteiger partial charge is 0.303 e. The SMILES string of the molecule is CC(=O)OC[C@H]1OC(O)[C@H](NC(=O)CN=[N+]=[N-])[C@@H](OC(C)=O)[C@@H]1OC(C)=O. The molecular formula is C14H20N4O9. The Balaban J connectivity index is 3.12. The van der Waals surface area contributed by atoms with Crippen LogP contribution in [0.2, 0.25) is 0 Å². The van der Waals surface area contributed by atoms with Gasteiger partial charge in [0.2, 0.25) is 5.91 Å². The van der Waals surface area contributed by atoms with Crippen molar-refractivity contribution in [2.24, 2.45) is 5.11 Å². The Kier molecular flexibility index (Phi) is 8.45. The summed E-state index contributed by atoms with van der Waals surface area (Å²) in [6, 6.07) is -1.34. The number of carbonyl (C=O) groups excluding carboxylic acids is 4. The number of hydrogen-bond donors (Lipinski definition) is 2. The molecule has 1 aliphatic rings. The Morgan fingerprint density at radius 2 is 1.70 bits per heavy atom. The van der Waals surface area contributed by atoms with Crippen molar-refractivity contribution in [3.63, 3.8) is 0 Å². The third-order valence-electron chi connectivity index (χ3n) is 3.33. The van der Waals surface area contributed by atoms with Gasteiger partial charge in [-0.3, -0.25) is 19.2 Å². The summed E-state index contributed by atoms with van der Waals surface area (Å²) in [6.45, 7) is 2.33. The number of azide groups is 1. The van der Waals surface area contributed by atoms with Crippen LogP contribution in [0.25, 0.3) is 10.4 Å². The predicted octanol–water partition coefficient (Wildman–Crippen LogP) is -1.07. The normalized spacial score (nSPS) is 26.9. The first-order chi connectivity index (χ1) is 12.6. The van der Waals surface area contributed by atoms with E-state index in [0.717, 1.165) is 20.8 Å². The lowest BCUT2D eigenvalue weighted by Crippen LogP contribution is -2.66. The van der Waals surface area contributed by atoms with Crippen molar-refractivity contribution in [3.8, 4) is 0 Å². The third-order valence-corrected chi connectivity index (χ3v) is 3.33. The van der Waals surface area contributed by atoms with E-state index in [1.165, 1.54) is 0 Å². The van der Waals surface area contributed by atoms with Gasteiger partial charge < -0.3 is 29.4 Å². The number of rotatable bonds is 7. The highest BCUT2D eigenvalue weighted by molar-refractivity contribution is 5.78. The average molecular weight is 388 g/mol. The molecule has 1 heterocycles. The molecule has 13 nitrogen and oxygen atoms in total. The summed E-state index contributed by atoms with van der Waals surface area (Å²) in [7, 11) is 0. The summed E-state index contributed by atoms with van der Waals surface area (Å²) in [5, 5.41) is 15.6. The Morgan fingerprint density at radius 1 is 1.11 bits per heavy atom. The van der Waals surface area contributed by atoms with Gasteiger partial charge in [0.25, 0.3) is 0 Å². The maximum Gasteiger partial charge on any atom is 0.303 e. The van der Waals surface area contributed by atoms with Gasteiger partial charge in [-0.25, -0.2) is 0 Å². The maximum atomic E-state index is 11.8. The Morgan fingerprint density at radius 3 is 2.22 bits per heavy atom. The summed E-state index contributed by atoms with van der Waals surface area (Å²) < 4.78 is 20.3. The second-order valence-electron chi connectivity index (χ2n) is 5.50. The fourth-order valence-electron chi connectivity index (χ4n) is 2.40. The van der Waals surface area contributed by atoms with Crippen LogP contribution in [0, 0.1) is 0 Å². The Labute approximate surface area is 153 Å². The minimum Gasteiger partial charge on any atom is -0.463 e. The zero-order valence-electron chi connectivity index (χ0n) is 14.9. The zero-order valence-corrected chi connectivity index (χ0v) is 14.9. The summed E-state index contributed by atoms with van der Waals surface area (Å²) in [4.78, 5) is 48.2. The molecule has 1 unspecified atom stereocenters. The van der Waals surface area contributed by atoms with Crippen LogP contribution in [0.5, 0.6) is 0 Å². The quantitative estimate of drug-likeness (QED) is 0.180. The summed E-state index contributed by atoms with van der Waals surface area (Å²) in [5.41, 5.74) is 8.26. The molecule has 0 aromatic rings. The molecular weight excluding hydrogens is 368 g/mol. The van der Waals surface area contributed by atoms with Crippen LogP contribution < -0.4 is 5.32 Å². The standard InChI is InChI=1S/C14H20N4O9/c1-6(19)24-5-9-12(25-7(2)20)13(26-8(3)21)11(14(23)27-9)17-10(22)4-16-18-15/h9,11-14,23H,4-5H2,1-3H3,(H,17,22)/t9-,11-,12-,13-,14?/m1/s1. The van der Waals surface area contributed by atoms with E-state index in [4.69, 9.17) is 24.5 Å². The first-order valence-corrected chi connectivity index (χ1v) is 7.77. The lowest BCUT2D eigenvalue weighted by Gasteiger charge is -2.43. The number of nitrogens with one attached hydrogen (secondary N) is 1. The van der Waals surface area contributed by atoms with Gasteiger partial charge in [-0.2, -0.15) is 0 Å². The minimum atomic E-state index is -1.70. The van der Waals surface area contributed by atoms with Crippen molar-refractivity contribution in [1.29, 1.82) is 0 Å². The highest BCUT2D eigenvalue weighted by Gasteiger charge is 2.50. The second kappa shape index (κ2) is 10.3. The number of amides is 1. The zero-order chi connectivity index (χ0) is 20.6. The molecule has 0 saturated carbocycles. The van der Waals surface area contributed by atoms with Crippen molar-refractivity contribution >= 4 is 23.8 Å². The van der Waals surface area contributed by atoms with Gasteiger partial charge in [-0.15, -0.1) is 0 Å². The van der Waals surface area contributed by atoms with Crippen LogP contribution in [-0.2, 0) is 38.1 Å². The number of nitrogens with zero attached hydrogens (tertiary/aromatic N) is 3. The molecule has 0 aliphatic carbocycles. The van der Waals surface area contributed by atoms with Gasteiger partial charge in [0.15, 0.2) is 18.5 Å². The predicted molar refractivity (Wildman–Crippen MR) is 84.6 cm³/mol. The van der Waals surface area contributed by atoms with Crippen molar-refractivity contribution in [3.05, 3.63) is 10.4 Å². The Hall–Kier alpha value is -2.89. The van der Waals surface area contributed by atoms with E-state index in [-0.39, 0.29) is 0 Å². The van der Waals surface area contributed by atoms with Gasteiger partial charge in [0, 0.05) is 25.7 Å². The molecule has 1 saturated heterocycles. The molecule has 0 bridgehead atoms. The van der Waals surface area contributed by atoms with Gasteiger partial charge in [0.1, 0.15) is 25.3 Å². The first kappa shape index (κ1) is 22.2. The van der Waals surface area contributed by atoms with E-state index in [9.17, 15) is 24.3 Å². The molecule has 1 rings (SSSR count).